The molecule has 0 aliphatic carbocycles. The number of ether oxygens (including phenoxy) is 2. The third kappa shape index (κ3) is 17.7. The number of hydrogen-bond acceptors (Lipinski definition) is 17. The predicted molar refractivity (Wildman–Crippen MR) is 143 cm³/mol. The van der Waals surface area contributed by atoms with Crippen molar-refractivity contribution in [2.45, 2.75) is 63.3 Å². The Hall–Kier alpha value is -2.19. The number of rotatable bonds is 21. The number of carbonyl (C=O) groups is 3. The van der Waals surface area contributed by atoms with Gasteiger partial charge in [-0.25, -0.2) is 16.7 Å². The average molecular weight is 757 g/mol. The van der Waals surface area contributed by atoms with Crippen LogP contribution < -0.4 is 5.32 Å². The number of likely N-dealkylation sites (N-methyl/N-ethyl adjacent to an activating group) is 1. The molecule has 0 aromatic carbocycles. The number of hydrogen-bond donors (Lipinski definition) is 6. The van der Waals surface area contributed by atoms with Gasteiger partial charge in [0, 0.05) is 25.9 Å². The van der Waals surface area contributed by atoms with Crippen LogP contribution in [0.15, 0.2) is 0 Å². The van der Waals surface area contributed by atoms with Crippen LogP contribution in [0.2, 0.25) is 0 Å². The molecular formula is C18H32N2O22S4. The van der Waals surface area contributed by atoms with Crippen LogP contribution in [0.25, 0.3) is 0 Å². The van der Waals surface area contributed by atoms with E-state index < -0.39 is 116 Å². The summed E-state index contributed by atoms with van der Waals surface area (Å²) in [6.45, 7) is -1.43. The van der Waals surface area contributed by atoms with Crippen LogP contribution in [0.3, 0.4) is 0 Å². The molecule has 270 valence electrons. The molecule has 0 aromatic heterocycles. The lowest BCUT2D eigenvalue weighted by Gasteiger charge is -2.43. The highest BCUT2D eigenvalue weighted by molar-refractivity contribution is 7.81. The SMILES string of the molecule is CCN(CC(=O)NCCO[C@H]1O[C@H](COS(=O)(=O)O)[C@@H](OS(=O)(=O)O)[C@H](OS(=O)(=O)O)[C@@H]1OS(=O)(=O)O)C(=O)CCCCC(=O)O. The third-order valence-corrected chi connectivity index (χ3v) is 7.31. The number of nitrogens with zero attached hydrogens (tertiary/aromatic N) is 1. The zero-order valence-electron chi connectivity index (χ0n) is 23.5. The fraction of sp³-hybridized carbons (Fsp3) is 0.833. The smallest absolute Gasteiger partial charge is 0.397 e. The van der Waals surface area contributed by atoms with Crippen molar-refractivity contribution < 1.29 is 97.6 Å². The Morgan fingerprint density at radius 1 is 0.783 bits per heavy atom. The van der Waals surface area contributed by atoms with E-state index in [4.69, 9.17) is 23.7 Å². The number of carboxylic acids is 1. The van der Waals surface area contributed by atoms with Crippen molar-refractivity contribution in [3.63, 3.8) is 0 Å². The highest BCUT2D eigenvalue weighted by Gasteiger charge is 2.54. The van der Waals surface area contributed by atoms with Gasteiger partial charge in [0.15, 0.2) is 12.4 Å². The number of carboxylic acid groups (broad SMARTS) is 1. The second-order valence-electron chi connectivity index (χ2n) is 8.95. The summed E-state index contributed by atoms with van der Waals surface area (Å²) in [5.41, 5.74) is 0. The van der Waals surface area contributed by atoms with Crippen LogP contribution in [0.1, 0.15) is 32.6 Å². The minimum absolute atomic E-state index is 0.0385. The fourth-order valence-electron chi connectivity index (χ4n) is 3.73. The maximum atomic E-state index is 12.3. The first-order valence-corrected chi connectivity index (χ1v) is 18.0. The maximum Gasteiger partial charge on any atom is 0.397 e. The topological polar surface area (TPSA) is 360 Å². The molecule has 1 heterocycles. The van der Waals surface area contributed by atoms with Crippen molar-refractivity contribution in [1.82, 2.24) is 10.2 Å². The van der Waals surface area contributed by atoms with Crippen molar-refractivity contribution in [2.75, 3.05) is 32.8 Å². The lowest BCUT2D eigenvalue weighted by atomic mass is 9.99. The van der Waals surface area contributed by atoms with Crippen molar-refractivity contribution in [3.05, 3.63) is 0 Å². The lowest BCUT2D eigenvalue weighted by Crippen LogP contribution is -2.63. The van der Waals surface area contributed by atoms with Gasteiger partial charge in [-0.15, -0.1) is 0 Å². The van der Waals surface area contributed by atoms with E-state index in [0.29, 0.717) is 0 Å². The van der Waals surface area contributed by atoms with Gasteiger partial charge in [0.2, 0.25) is 11.8 Å². The summed E-state index contributed by atoms with van der Waals surface area (Å²) in [5, 5.41) is 10.9. The Bertz CT molecular complexity index is 1480. The summed E-state index contributed by atoms with van der Waals surface area (Å²) in [5.74, 6) is -2.25. The number of aliphatic carboxylic acids is 1. The van der Waals surface area contributed by atoms with Gasteiger partial charge in [-0.3, -0.25) is 32.6 Å². The van der Waals surface area contributed by atoms with E-state index in [1.165, 1.54) is 0 Å². The molecule has 2 amide bonds. The average Bonchev–Trinajstić information content (AvgIpc) is 2.86. The molecule has 0 aromatic rings. The third-order valence-electron chi connectivity index (χ3n) is 5.48. The van der Waals surface area contributed by atoms with E-state index in [1.807, 2.05) is 0 Å². The molecule has 0 radical (unpaired) electrons. The van der Waals surface area contributed by atoms with Gasteiger partial charge >= 0.3 is 47.6 Å². The minimum atomic E-state index is -5.71. The Morgan fingerprint density at radius 3 is 1.80 bits per heavy atom. The molecule has 0 saturated carbocycles. The molecule has 0 bridgehead atoms. The zero-order chi connectivity index (χ0) is 35.5. The molecule has 1 rings (SSSR count). The summed E-state index contributed by atoms with van der Waals surface area (Å²) < 4.78 is 154. The normalized spacial score (nSPS) is 22.7. The Balaban J connectivity index is 3.12. The molecule has 5 atom stereocenters. The minimum Gasteiger partial charge on any atom is -0.481 e. The van der Waals surface area contributed by atoms with Gasteiger partial charge < -0.3 is 24.8 Å². The summed E-state index contributed by atoms with van der Waals surface area (Å²) in [6, 6.07) is 0. The lowest BCUT2D eigenvalue weighted by molar-refractivity contribution is -0.285. The van der Waals surface area contributed by atoms with Gasteiger partial charge in [-0.1, -0.05) is 0 Å². The molecule has 1 saturated heterocycles. The molecule has 0 unspecified atom stereocenters. The van der Waals surface area contributed by atoms with Crippen molar-refractivity contribution in [3.8, 4) is 0 Å². The van der Waals surface area contributed by atoms with Crippen molar-refractivity contribution in [1.29, 1.82) is 0 Å². The maximum absolute atomic E-state index is 12.3. The summed E-state index contributed by atoms with van der Waals surface area (Å²) in [6.07, 6.45) is -12.3. The molecule has 1 aliphatic heterocycles. The molecule has 6 N–H and O–H groups in total. The molecule has 0 spiro atoms. The first-order chi connectivity index (χ1) is 20.9. The molecule has 46 heavy (non-hydrogen) atoms. The van der Waals surface area contributed by atoms with Gasteiger partial charge in [0.1, 0.15) is 18.3 Å². The number of nitrogens with one attached hydrogen (secondary N) is 1. The molecule has 24 nitrogen and oxygen atoms in total. The first-order valence-electron chi connectivity index (χ1n) is 12.5. The quantitative estimate of drug-likeness (QED) is 0.0494. The first kappa shape index (κ1) is 41.8. The van der Waals surface area contributed by atoms with Crippen LogP contribution >= 0.6 is 0 Å². The van der Waals surface area contributed by atoms with Crippen molar-refractivity contribution in [2.24, 2.45) is 0 Å². The summed E-state index contributed by atoms with van der Waals surface area (Å²) >= 11 is 0. The highest BCUT2D eigenvalue weighted by atomic mass is 32.3. The Kier molecular flexibility index (Phi) is 16.2. The van der Waals surface area contributed by atoms with E-state index in [0.717, 1.165) is 4.90 Å². The molecular weight excluding hydrogens is 724 g/mol. The monoisotopic (exact) mass is 756 g/mol. The molecule has 1 aliphatic rings. The van der Waals surface area contributed by atoms with Gasteiger partial charge in [0.05, 0.1) is 19.8 Å². The van der Waals surface area contributed by atoms with E-state index >= 15 is 0 Å². The second-order valence-corrected chi connectivity index (χ2v) is 13.2. The van der Waals surface area contributed by atoms with Crippen LogP contribution in [0.4, 0.5) is 0 Å². The van der Waals surface area contributed by atoms with Gasteiger partial charge in [-0.05, 0) is 19.8 Å². The second kappa shape index (κ2) is 17.8. The van der Waals surface area contributed by atoms with Gasteiger partial charge in [0.25, 0.3) is 0 Å². The number of amides is 2. The van der Waals surface area contributed by atoms with E-state index in [1.54, 1.807) is 6.92 Å². The van der Waals surface area contributed by atoms with Gasteiger partial charge in [-0.2, -0.15) is 33.7 Å². The standard InChI is InChI=1S/C18H32N2O22S4/c1-2-20(13(22)5-3-4-6-14(23)24)9-12(21)19-7-8-37-18-17(42-46(34,35)36)16(41-45(31,32)33)15(40-44(28,29)30)11(39-18)10-38-43(25,26)27/h11,15-18H,2-10H2,1H3,(H,19,21)(H,23,24)(H,25,26,27)(H,28,29,30)(H,31,32,33)(H,34,35,36)/t11-,15-,16+,17+,18+/m1/s1. The van der Waals surface area contributed by atoms with Crippen LogP contribution in [0.5, 0.6) is 0 Å². The number of unbranched alkanes of at least 4 members (excludes halogenated alkanes) is 1. The zero-order valence-corrected chi connectivity index (χ0v) is 26.8. The van der Waals surface area contributed by atoms with Crippen LogP contribution in [0, 0.1) is 0 Å². The fourth-order valence-corrected chi connectivity index (χ4v) is 5.53. The summed E-state index contributed by atoms with van der Waals surface area (Å²) in [4.78, 5) is 36.4. The largest absolute Gasteiger partial charge is 0.481 e. The van der Waals surface area contributed by atoms with Crippen LogP contribution in [-0.4, -0.2) is 143 Å². The number of carbonyl (C=O) groups excluding carboxylic acids is 2. The van der Waals surface area contributed by atoms with E-state index in [2.05, 4.69) is 22.0 Å². The Morgan fingerprint density at radius 2 is 1.30 bits per heavy atom. The van der Waals surface area contributed by atoms with Crippen molar-refractivity contribution >= 4 is 59.4 Å². The van der Waals surface area contributed by atoms with Crippen LogP contribution in [-0.2, 0) is 82.2 Å². The Labute approximate surface area is 263 Å². The molecule has 1 fully saturated rings. The predicted octanol–water partition coefficient (Wildman–Crippen LogP) is -3.28. The molecule has 28 heteroatoms. The van der Waals surface area contributed by atoms with E-state index in [-0.39, 0.29) is 32.2 Å². The highest BCUT2D eigenvalue weighted by Crippen LogP contribution is 2.32. The summed E-state index contributed by atoms with van der Waals surface area (Å²) in [7, 11) is -22.3. The van der Waals surface area contributed by atoms with E-state index in [9.17, 15) is 57.2 Å².